The van der Waals surface area contributed by atoms with Crippen LogP contribution >= 0.6 is 11.6 Å². The number of hydrogen-bond donors (Lipinski definition) is 0. The minimum atomic E-state index is 0.00868. The Morgan fingerprint density at radius 2 is 1.71 bits per heavy atom. The van der Waals surface area contributed by atoms with E-state index < -0.39 is 0 Å². The zero-order valence-electron chi connectivity index (χ0n) is 17.7. The van der Waals surface area contributed by atoms with Gasteiger partial charge in [0.2, 0.25) is 0 Å². The van der Waals surface area contributed by atoms with Crippen molar-refractivity contribution in [3.63, 3.8) is 0 Å². The Labute approximate surface area is 185 Å². The molecule has 3 heterocycles. The second-order valence-electron chi connectivity index (χ2n) is 8.37. The van der Waals surface area contributed by atoms with Crippen molar-refractivity contribution in [1.82, 2.24) is 9.13 Å². The smallest absolute Gasteiger partial charge is 0.256 e. The molecular formula is C26H25ClN2O2. The first-order chi connectivity index (χ1) is 15.1. The lowest BCUT2D eigenvalue weighted by atomic mass is 9.93. The normalized spacial score (nSPS) is 12.8. The fourth-order valence-corrected chi connectivity index (χ4v) is 5.11. The Balaban J connectivity index is 1.87. The van der Waals surface area contributed by atoms with E-state index in [4.69, 9.17) is 11.6 Å². The van der Waals surface area contributed by atoms with Gasteiger partial charge in [-0.25, -0.2) is 0 Å². The summed E-state index contributed by atoms with van der Waals surface area (Å²) in [4.78, 5) is 27.4. The van der Waals surface area contributed by atoms with E-state index in [1.165, 1.54) is 0 Å². The quantitative estimate of drug-likeness (QED) is 0.306. The van der Waals surface area contributed by atoms with Crippen LogP contribution in [0.4, 0.5) is 0 Å². The second kappa shape index (κ2) is 8.01. The first kappa shape index (κ1) is 20.1. The molecule has 4 aromatic rings. The molecule has 158 valence electrons. The second-order valence-corrected chi connectivity index (χ2v) is 8.81. The maximum Gasteiger partial charge on any atom is 0.256 e. The van der Waals surface area contributed by atoms with E-state index in [9.17, 15) is 9.59 Å². The number of aryl methyl sites for hydroxylation is 3. The van der Waals surface area contributed by atoms with Gasteiger partial charge in [0.05, 0.1) is 10.9 Å². The van der Waals surface area contributed by atoms with Crippen LogP contribution in [0.2, 0.25) is 5.02 Å². The van der Waals surface area contributed by atoms with E-state index in [2.05, 4.69) is 11.5 Å². The number of fused-ring (bicyclic) bond motifs is 2. The van der Waals surface area contributed by atoms with Crippen LogP contribution in [0.1, 0.15) is 42.9 Å². The van der Waals surface area contributed by atoms with Gasteiger partial charge in [-0.15, -0.1) is 0 Å². The third-order valence-electron chi connectivity index (χ3n) is 6.43. The van der Waals surface area contributed by atoms with Crippen LogP contribution in [0.15, 0.2) is 58.1 Å². The molecule has 0 bridgehead atoms. The summed E-state index contributed by atoms with van der Waals surface area (Å²) < 4.78 is 3.91. The summed E-state index contributed by atoms with van der Waals surface area (Å²) in [6.07, 6.45) is 4.43. The highest BCUT2D eigenvalue weighted by Crippen LogP contribution is 2.29. The van der Waals surface area contributed by atoms with Crippen molar-refractivity contribution in [1.29, 1.82) is 0 Å². The Bertz CT molecular complexity index is 1420. The number of rotatable bonds is 6. The Morgan fingerprint density at radius 3 is 2.48 bits per heavy atom. The van der Waals surface area contributed by atoms with Crippen molar-refractivity contribution in [2.24, 2.45) is 0 Å². The molecule has 0 atom stereocenters. The molecule has 0 spiro atoms. The molecule has 0 saturated carbocycles. The van der Waals surface area contributed by atoms with Crippen molar-refractivity contribution in [3.8, 4) is 0 Å². The molecule has 0 radical (unpaired) electrons. The average Bonchev–Trinajstić information content (AvgIpc) is 3.22. The third-order valence-corrected chi connectivity index (χ3v) is 6.66. The molecule has 0 unspecified atom stereocenters. The summed E-state index contributed by atoms with van der Waals surface area (Å²) in [7, 11) is 0. The van der Waals surface area contributed by atoms with Crippen LogP contribution in [0.5, 0.6) is 0 Å². The van der Waals surface area contributed by atoms with Crippen LogP contribution in [-0.4, -0.2) is 9.13 Å². The molecule has 2 aromatic carbocycles. The average molecular weight is 433 g/mol. The molecular weight excluding hydrogens is 408 g/mol. The predicted octanol–water partition coefficient (Wildman–Crippen LogP) is 5.31. The van der Waals surface area contributed by atoms with Crippen LogP contribution in [0, 0.1) is 0 Å². The van der Waals surface area contributed by atoms with E-state index in [0.717, 1.165) is 53.5 Å². The fourth-order valence-electron chi connectivity index (χ4n) is 4.94. The molecule has 1 aliphatic heterocycles. The summed E-state index contributed by atoms with van der Waals surface area (Å²) in [6.45, 7) is 3.42. The monoisotopic (exact) mass is 432 g/mol. The Morgan fingerprint density at radius 1 is 0.935 bits per heavy atom. The molecule has 0 aliphatic carbocycles. The SMILES string of the molecule is CCCCCc1c(Cc2ccccc2)c(=O)n2c3c1c(=O)c1ccc(Cl)cc1n3CC2. The number of benzene rings is 2. The molecule has 0 saturated heterocycles. The third kappa shape index (κ3) is 3.30. The molecule has 0 amide bonds. The largest absolute Gasteiger partial charge is 0.325 e. The number of pyridine rings is 2. The van der Waals surface area contributed by atoms with E-state index in [-0.39, 0.29) is 11.0 Å². The van der Waals surface area contributed by atoms with Crippen LogP contribution in [0.3, 0.4) is 0 Å². The Kier molecular flexibility index (Phi) is 5.19. The van der Waals surface area contributed by atoms with E-state index in [1.54, 1.807) is 10.6 Å². The van der Waals surface area contributed by atoms with Gasteiger partial charge in [0.25, 0.3) is 5.56 Å². The van der Waals surface area contributed by atoms with E-state index >= 15 is 0 Å². The van der Waals surface area contributed by atoms with E-state index in [0.29, 0.717) is 35.3 Å². The molecule has 2 aromatic heterocycles. The van der Waals surface area contributed by atoms with Gasteiger partial charge in [0.1, 0.15) is 5.65 Å². The minimum absolute atomic E-state index is 0.00868. The summed E-state index contributed by atoms with van der Waals surface area (Å²) >= 11 is 6.25. The molecule has 5 heteroatoms. The van der Waals surface area contributed by atoms with Gasteiger partial charge in [-0.2, -0.15) is 0 Å². The summed E-state index contributed by atoms with van der Waals surface area (Å²) in [6, 6.07) is 15.5. The first-order valence-corrected chi connectivity index (χ1v) is 11.4. The van der Waals surface area contributed by atoms with E-state index in [1.807, 2.05) is 42.5 Å². The van der Waals surface area contributed by atoms with Crippen LogP contribution < -0.4 is 11.0 Å². The molecule has 0 N–H and O–H groups in total. The molecule has 5 rings (SSSR count). The van der Waals surface area contributed by atoms with Crippen molar-refractivity contribution >= 4 is 33.5 Å². The van der Waals surface area contributed by atoms with Gasteiger partial charge in [-0.1, -0.05) is 61.7 Å². The molecule has 0 fully saturated rings. The lowest BCUT2D eigenvalue weighted by molar-refractivity contribution is 0.674. The van der Waals surface area contributed by atoms with Crippen molar-refractivity contribution in [2.75, 3.05) is 0 Å². The highest BCUT2D eigenvalue weighted by atomic mass is 35.5. The van der Waals surface area contributed by atoms with Gasteiger partial charge in [0.15, 0.2) is 5.43 Å². The van der Waals surface area contributed by atoms with Gasteiger partial charge in [-0.3, -0.25) is 14.2 Å². The minimum Gasteiger partial charge on any atom is -0.325 e. The summed E-state index contributed by atoms with van der Waals surface area (Å²) in [5.41, 5.74) is 4.41. The molecule has 31 heavy (non-hydrogen) atoms. The number of halogens is 1. The topological polar surface area (TPSA) is 44.0 Å². The van der Waals surface area contributed by atoms with Gasteiger partial charge < -0.3 is 4.57 Å². The highest BCUT2D eigenvalue weighted by molar-refractivity contribution is 6.31. The van der Waals surface area contributed by atoms with Gasteiger partial charge >= 0.3 is 0 Å². The number of unbranched alkanes of at least 4 members (excludes halogenated alkanes) is 2. The maximum absolute atomic E-state index is 13.7. The van der Waals surface area contributed by atoms with Crippen LogP contribution in [0.25, 0.3) is 21.9 Å². The summed E-state index contributed by atoms with van der Waals surface area (Å²) in [5.74, 6) is 0. The summed E-state index contributed by atoms with van der Waals surface area (Å²) in [5, 5.41) is 1.99. The standard InChI is InChI=1S/C26H25ClN2O2/c1-2-3-5-10-19-21(15-17-8-6-4-7-9-17)26(31)29-14-13-28-22-16-18(27)11-12-20(22)24(30)23(19)25(28)29/h4,6-9,11-12,16H,2-3,5,10,13-15H2,1H3. The Hall–Kier alpha value is -2.85. The maximum atomic E-state index is 13.7. The molecule has 4 nitrogen and oxygen atoms in total. The lowest BCUT2D eigenvalue weighted by Gasteiger charge is -2.17. The predicted molar refractivity (Wildman–Crippen MR) is 127 cm³/mol. The first-order valence-electron chi connectivity index (χ1n) is 11.0. The lowest BCUT2D eigenvalue weighted by Crippen LogP contribution is -2.27. The number of nitrogens with zero attached hydrogens (tertiary/aromatic N) is 2. The zero-order chi connectivity index (χ0) is 21.5. The zero-order valence-corrected chi connectivity index (χ0v) is 18.4. The van der Waals surface area contributed by atoms with Crippen molar-refractivity contribution < 1.29 is 0 Å². The van der Waals surface area contributed by atoms with Gasteiger partial charge in [0, 0.05) is 35.5 Å². The fraction of sp³-hybridized carbons (Fsp3) is 0.308. The van der Waals surface area contributed by atoms with Gasteiger partial charge in [-0.05, 0) is 42.2 Å². The van der Waals surface area contributed by atoms with Crippen molar-refractivity contribution in [3.05, 3.63) is 90.8 Å². The highest BCUT2D eigenvalue weighted by Gasteiger charge is 2.26. The van der Waals surface area contributed by atoms with Crippen LogP contribution in [-0.2, 0) is 25.9 Å². The van der Waals surface area contributed by atoms with Crippen molar-refractivity contribution in [2.45, 2.75) is 52.1 Å². The number of aromatic nitrogens is 2. The molecule has 1 aliphatic rings. The number of hydrogen-bond acceptors (Lipinski definition) is 2.